The van der Waals surface area contributed by atoms with E-state index >= 15 is 0 Å². The van der Waals surface area contributed by atoms with Crippen LogP contribution in [0.5, 0.6) is 0 Å². The first-order valence-corrected chi connectivity index (χ1v) is 8.60. The van der Waals surface area contributed by atoms with Crippen LogP contribution in [0.25, 0.3) is 10.1 Å². The van der Waals surface area contributed by atoms with Gasteiger partial charge in [0.25, 0.3) is 0 Å². The average Bonchev–Trinajstić information content (AvgIpc) is 3.10. The Morgan fingerprint density at radius 2 is 2.05 bits per heavy atom. The number of fused-ring (bicyclic) bond motifs is 2. The SMILES string of the molecule is c1ccc2c(c1)CC(CNc1ccc3sccc3c1)S2. The van der Waals surface area contributed by atoms with Crippen LogP contribution >= 0.6 is 23.1 Å². The van der Waals surface area contributed by atoms with Crippen molar-refractivity contribution in [2.45, 2.75) is 16.6 Å². The molecule has 3 heteroatoms. The van der Waals surface area contributed by atoms with E-state index in [2.05, 4.69) is 59.2 Å². The second kappa shape index (κ2) is 5.15. The minimum atomic E-state index is 0.644. The zero-order valence-corrected chi connectivity index (χ0v) is 12.6. The molecule has 20 heavy (non-hydrogen) atoms. The highest BCUT2D eigenvalue weighted by molar-refractivity contribution is 8.00. The minimum absolute atomic E-state index is 0.644. The van der Waals surface area contributed by atoms with Crippen LogP contribution in [0.15, 0.2) is 58.8 Å². The summed E-state index contributed by atoms with van der Waals surface area (Å²) in [6, 6.07) is 17.6. The summed E-state index contributed by atoms with van der Waals surface area (Å²) in [6.07, 6.45) is 1.18. The van der Waals surface area contributed by atoms with Gasteiger partial charge in [0.05, 0.1) is 0 Å². The normalized spacial score (nSPS) is 17.3. The molecule has 1 aromatic heterocycles. The maximum Gasteiger partial charge on any atom is 0.0347 e. The summed E-state index contributed by atoms with van der Waals surface area (Å²) in [5.41, 5.74) is 2.73. The van der Waals surface area contributed by atoms with E-state index < -0.39 is 0 Å². The van der Waals surface area contributed by atoms with Crippen LogP contribution in [-0.4, -0.2) is 11.8 Å². The second-order valence-electron chi connectivity index (χ2n) is 5.11. The molecule has 1 atom stereocenters. The highest BCUT2D eigenvalue weighted by atomic mass is 32.2. The van der Waals surface area contributed by atoms with Gasteiger partial charge in [0.15, 0.2) is 0 Å². The second-order valence-corrected chi connectivity index (χ2v) is 7.40. The summed E-state index contributed by atoms with van der Waals surface area (Å²) in [6.45, 7) is 1.02. The van der Waals surface area contributed by atoms with Crippen molar-refractivity contribution in [2.24, 2.45) is 0 Å². The van der Waals surface area contributed by atoms with Gasteiger partial charge in [0.1, 0.15) is 0 Å². The molecule has 1 unspecified atom stereocenters. The van der Waals surface area contributed by atoms with Crippen LogP contribution in [-0.2, 0) is 6.42 Å². The van der Waals surface area contributed by atoms with Crippen molar-refractivity contribution in [3.8, 4) is 0 Å². The molecule has 0 fully saturated rings. The van der Waals surface area contributed by atoms with Crippen LogP contribution in [0.1, 0.15) is 5.56 Å². The summed E-state index contributed by atoms with van der Waals surface area (Å²) in [5.74, 6) is 0. The molecule has 0 radical (unpaired) electrons. The molecule has 0 amide bonds. The number of hydrogen-bond donors (Lipinski definition) is 1. The van der Waals surface area contributed by atoms with Gasteiger partial charge in [-0.15, -0.1) is 23.1 Å². The zero-order chi connectivity index (χ0) is 13.4. The van der Waals surface area contributed by atoms with E-state index in [1.807, 2.05) is 11.8 Å². The molecular formula is C17H15NS2. The van der Waals surface area contributed by atoms with Gasteiger partial charge < -0.3 is 5.32 Å². The van der Waals surface area contributed by atoms with Gasteiger partial charge >= 0.3 is 0 Å². The largest absolute Gasteiger partial charge is 0.384 e. The highest BCUT2D eigenvalue weighted by Gasteiger charge is 2.21. The van der Waals surface area contributed by atoms with E-state index in [4.69, 9.17) is 0 Å². The molecule has 3 aromatic rings. The van der Waals surface area contributed by atoms with Gasteiger partial charge in [0, 0.05) is 27.1 Å². The van der Waals surface area contributed by atoms with Gasteiger partial charge in [-0.2, -0.15) is 0 Å². The molecule has 1 aliphatic rings. The topological polar surface area (TPSA) is 12.0 Å². The number of rotatable bonds is 3. The maximum absolute atomic E-state index is 3.59. The summed E-state index contributed by atoms with van der Waals surface area (Å²) in [4.78, 5) is 1.45. The fraction of sp³-hybridized carbons (Fsp3) is 0.176. The van der Waals surface area contributed by atoms with Crippen molar-refractivity contribution >= 4 is 38.9 Å². The predicted molar refractivity (Wildman–Crippen MR) is 90.1 cm³/mol. The molecule has 0 saturated heterocycles. The van der Waals surface area contributed by atoms with Gasteiger partial charge in [-0.1, -0.05) is 18.2 Å². The minimum Gasteiger partial charge on any atom is -0.384 e. The van der Waals surface area contributed by atoms with E-state index in [1.165, 1.54) is 32.7 Å². The summed E-state index contributed by atoms with van der Waals surface area (Å²) >= 11 is 3.80. The van der Waals surface area contributed by atoms with Crippen molar-refractivity contribution in [1.29, 1.82) is 0 Å². The Bertz CT molecular complexity index is 722. The molecule has 0 bridgehead atoms. The van der Waals surface area contributed by atoms with E-state index in [9.17, 15) is 0 Å². The number of anilines is 1. The van der Waals surface area contributed by atoms with Gasteiger partial charge in [-0.3, -0.25) is 0 Å². The van der Waals surface area contributed by atoms with E-state index in [0.717, 1.165) is 6.54 Å². The molecule has 0 saturated carbocycles. The summed E-state index contributed by atoms with van der Waals surface area (Å²) < 4.78 is 1.36. The number of thiophene rings is 1. The standard InChI is InChI=1S/C17H15NS2/c1-2-4-17-12(3-1)10-15(20-17)11-18-14-5-6-16-13(9-14)7-8-19-16/h1-9,15,18H,10-11H2. The first kappa shape index (κ1) is 12.3. The summed E-state index contributed by atoms with van der Waals surface area (Å²) in [7, 11) is 0. The quantitative estimate of drug-likeness (QED) is 0.727. The first-order valence-electron chi connectivity index (χ1n) is 6.84. The van der Waals surface area contributed by atoms with Crippen molar-refractivity contribution in [1.82, 2.24) is 0 Å². The molecular weight excluding hydrogens is 282 g/mol. The van der Waals surface area contributed by atoms with E-state index in [0.29, 0.717) is 5.25 Å². The smallest absolute Gasteiger partial charge is 0.0347 e. The van der Waals surface area contributed by atoms with Crippen LogP contribution in [0.2, 0.25) is 0 Å². The molecule has 100 valence electrons. The molecule has 0 spiro atoms. The van der Waals surface area contributed by atoms with Crippen molar-refractivity contribution in [2.75, 3.05) is 11.9 Å². The number of nitrogens with one attached hydrogen (secondary N) is 1. The molecule has 2 aromatic carbocycles. The van der Waals surface area contributed by atoms with Crippen LogP contribution < -0.4 is 5.32 Å². The predicted octanol–water partition coefficient (Wildman–Crippen LogP) is 5.03. The fourth-order valence-electron chi connectivity index (χ4n) is 2.68. The third-order valence-corrected chi connectivity index (χ3v) is 5.92. The Balaban J connectivity index is 1.44. The molecule has 2 heterocycles. The first-order chi connectivity index (χ1) is 9.88. The molecule has 1 aliphatic heterocycles. The number of thioether (sulfide) groups is 1. The molecule has 1 nitrogen and oxygen atoms in total. The Morgan fingerprint density at radius 3 is 3.00 bits per heavy atom. The van der Waals surface area contributed by atoms with Gasteiger partial charge in [0.2, 0.25) is 0 Å². The molecule has 4 rings (SSSR count). The lowest BCUT2D eigenvalue weighted by molar-refractivity contribution is 0.899. The Labute approximate surface area is 127 Å². The van der Waals surface area contributed by atoms with Crippen LogP contribution in [0.3, 0.4) is 0 Å². The molecule has 1 N–H and O–H groups in total. The van der Waals surface area contributed by atoms with Gasteiger partial charge in [-0.25, -0.2) is 0 Å². The number of hydrogen-bond acceptors (Lipinski definition) is 3. The molecule has 0 aliphatic carbocycles. The van der Waals surface area contributed by atoms with E-state index in [-0.39, 0.29) is 0 Å². The lowest BCUT2D eigenvalue weighted by atomic mass is 10.1. The highest BCUT2D eigenvalue weighted by Crippen LogP contribution is 2.36. The average molecular weight is 297 g/mol. The van der Waals surface area contributed by atoms with Crippen molar-refractivity contribution < 1.29 is 0 Å². The van der Waals surface area contributed by atoms with Gasteiger partial charge in [-0.05, 0) is 53.1 Å². The van der Waals surface area contributed by atoms with Crippen LogP contribution in [0, 0.1) is 0 Å². The monoisotopic (exact) mass is 297 g/mol. The van der Waals surface area contributed by atoms with Crippen molar-refractivity contribution in [3.63, 3.8) is 0 Å². The third kappa shape index (κ3) is 2.32. The van der Waals surface area contributed by atoms with Crippen molar-refractivity contribution in [3.05, 3.63) is 59.5 Å². The maximum atomic E-state index is 3.59. The lowest BCUT2D eigenvalue weighted by Gasteiger charge is -2.11. The lowest BCUT2D eigenvalue weighted by Crippen LogP contribution is -2.15. The van der Waals surface area contributed by atoms with Crippen LogP contribution in [0.4, 0.5) is 5.69 Å². The summed E-state index contributed by atoms with van der Waals surface area (Å²) in [5, 5.41) is 7.72. The zero-order valence-electron chi connectivity index (χ0n) is 11.0. The Hall–Kier alpha value is -1.45. The van der Waals surface area contributed by atoms with E-state index in [1.54, 1.807) is 11.3 Å². The Kier molecular flexibility index (Phi) is 3.17. The number of benzene rings is 2. The third-order valence-electron chi connectivity index (χ3n) is 3.70. The fourth-order valence-corrected chi connectivity index (χ4v) is 4.70. The Morgan fingerprint density at radius 1 is 1.10 bits per heavy atom.